The van der Waals surface area contributed by atoms with Gasteiger partial charge in [0.05, 0.1) is 5.41 Å². The van der Waals surface area contributed by atoms with Crippen LogP contribution < -0.4 is 5.32 Å². The molecule has 6 heteroatoms. The SMILES string of the molecule is Cc1[nH]c(-c2ccccc2)nc1C(=O)N1CCC2(CCCNC2=O)C1. The van der Waals surface area contributed by atoms with Crippen LogP contribution in [0.5, 0.6) is 0 Å². The molecule has 1 aromatic carbocycles. The van der Waals surface area contributed by atoms with E-state index in [0.29, 0.717) is 24.6 Å². The van der Waals surface area contributed by atoms with Crippen LogP contribution in [0, 0.1) is 12.3 Å². The largest absolute Gasteiger partial charge is 0.356 e. The molecular formula is C19H22N4O2. The van der Waals surface area contributed by atoms with Gasteiger partial charge in [-0.2, -0.15) is 0 Å². The van der Waals surface area contributed by atoms with Gasteiger partial charge < -0.3 is 15.2 Å². The highest BCUT2D eigenvalue weighted by atomic mass is 16.2. The van der Waals surface area contributed by atoms with Gasteiger partial charge in [0.15, 0.2) is 0 Å². The second kappa shape index (κ2) is 6.02. The molecule has 130 valence electrons. The summed E-state index contributed by atoms with van der Waals surface area (Å²) < 4.78 is 0. The Hall–Kier alpha value is -2.63. The maximum absolute atomic E-state index is 13.0. The zero-order valence-corrected chi connectivity index (χ0v) is 14.3. The Morgan fingerprint density at radius 3 is 2.80 bits per heavy atom. The Labute approximate surface area is 146 Å². The topological polar surface area (TPSA) is 78.1 Å². The summed E-state index contributed by atoms with van der Waals surface area (Å²) in [5.41, 5.74) is 1.76. The molecule has 1 spiro atoms. The second-order valence-electron chi connectivity index (χ2n) is 7.04. The van der Waals surface area contributed by atoms with Gasteiger partial charge in [0.25, 0.3) is 5.91 Å². The number of H-pyrrole nitrogens is 1. The molecule has 2 amide bonds. The van der Waals surface area contributed by atoms with Crippen molar-refractivity contribution in [3.05, 3.63) is 41.7 Å². The Morgan fingerprint density at radius 2 is 2.04 bits per heavy atom. The van der Waals surface area contributed by atoms with E-state index in [4.69, 9.17) is 0 Å². The molecule has 1 atom stereocenters. The van der Waals surface area contributed by atoms with Crippen LogP contribution in [-0.4, -0.2) is 46.3 Å². The third kappa shape index (κ3) is 2.71. The highest BCUT2D eigenvalue weighted by molar-refractivity contribution is 5.95. The summed E-state index contributed by atoms with van der Waals surface area (Å²) in [6, 6.07) is 9.76. The number of aryl methyl sites for hydroxylation is 1. The number of carbonyl (C=O) groups excluding carboxylic acids is 2. The summed E-state index contributed by atoms with van der Waals surface area (Å²) in [6.45, 7) is 3.71. The van der Waals surface area contributed by atoms with Gasteiger partial charge in [-0.25, -0.2) is 4.98 Å². The number of hydrogen-bond acceptors (Lipinski definition) is 3. The van der Waals surface area contributed by atoms with Gasteiger partial charge in [-0.05, 0) is 26.2 Å². The lowest BCUT2D eigenvalue weighted by molar-refractivity contribution is -0.132. The molecule has 3 heterocycles. The first kappa shape index (κ1) is 15.9. The third-order valence-electron chi connectivity index (χ3n) is 5.37. The molecule has 2 aliphatic heterocycles. The molecule has 0 bridgehead atoms. The summed E-state index contributed by atoms with van der Waals surface area (Å²) in [7, 11) is 0. The number of hydrogen-bond donors (Lipinski definition) is 2. The van der Waals surface area contributed by atoms with E-state index in [9.17, 15) is 9.59 Å². The molecule has 0 aliphatic carbocycles. The minimum atomic E-state index is -0.402. The highest BCUT2D eigenvalue weighted by Gasteiger charge is 2.47. The number of amides is 2. The minimum absolute atomic E-state index is 0.0915. The van der Waals surface area contributed by atoms with Crippen molar-refractivity contribution < 1.29 is 9.59 Å². The van der Waals surface area contributed by atoms with Gasteiger partial charge in [0, 0.05) is 30.9 Å². The minimum Gasteiger partial charge on any atom is -0.356 e. The first-order valence-electron chi connectivity index (χ1n) is 8.79. The zero-order valence-electron chi connectivity index (χ0n) is 14.3. The molecular weight excluding hydrogens is 316 g/mol. The number of likely N-dealkylation sites (tertiary alicyclic amines) is 1. The van der Waals surface area contributed by atoms with Crippen LogP contribution in [0.3, 0.4) is 0 Å². The summed E-state index contributed by atoms with van der Waals surface area (Å²) in [6.07, 6.45) is 2.57. The number of aromatic amines is 1. The fourth-order valence-electron chi connectivity index (χ4n) is 3.92. The smallest absolute Gasteiger partial charge is 0.274 e. The molecule has 1 unspecified atom stereocenters. The summed E-state index contributed by atoms with van der Waals surface area (Å²) in [5, 5.41) is 2.95. The number of rotatable bonds is 2. The lowest BCUT2D eigenvalue weighted by Gasteiger charge is -2.32. The van der Waals surface area contributed by atoms with E-state index in [1.807, 2.05) is 37.3 Å². The lowest BCUT2D eigenvalue weighted by atomic mass is 9.79. The summed E-state index contributed by atoms with van der Waals surface area (Å²) >= 11 is 0. The molecule has 2 fully saturated rings. The van der Waals surface area contributed by atoms with Gasteiger partial charge in [-0.1, -0.05) is 30.3 Å². The predicted molar refractivity (Wildman–Crippen MR) is 94.0 cm³/mol. The van der Waals surface area contributed by atoms with Gasteiger partial charge in [-0.3, -0.25) is 9.59 Å². The molecule has 6 nitrogen and oxygen atoms in total. The molecule has 4 rings (SSSR count). The van der Waals surface area contributed by atoms with Crippen LogP contribution in [0.2, 0.25) is 0 Å². The Bertz CT molecular complexity index is 814. The third-order valence-corrected chi connectivity index (χ3v) is 5.37. The standard InChI is InChI=1S/C19H22N4O2/c1-13-15(22-16(21-13)14-6-3-2-4-7-14)17(24)23-11-9-19(12-23)8-5-10-20-18(19)25/h2-4,6-7H,5,8-12H2,1H3,(H,20,25)(H,21,22). The van der Waals surface area contributed by atoms with Gasteiger partial charge in [-0.15, -0.1) is 0 Å². The van der Waals surface area contributed by atoms with Crippen molar-refractivity contribution in [1.29, 1.82) is 0 Å². The van der Waals surface area contributed by atoms with Crippen molar-refractivity contribution in [2.45, 2.75) is 26.2 Å². The van der Waals surface area contributed by atoms with Gasteiger partial charge in [0.1, 0.15) is 11.5 Å². The number of nitrogens with one attached hydrogen (secondary N) is 2. The van der Waals surface area contributed by atoms with Crippen molar-refractivity contribution in [1.82, 2.24) is 20.2 Å². The number of benzene rings is 1. The number of aromatic nitrogens is 2. The summed E-state index contributed by atoms with van der Waals surface area (Å²) in [5.74, 6) is 0.703. The second-order valence-corrected chi connectivity index (χ2v) is 7.04. The van der Waals surface area contributed by atoms with E-state index >= 15 is 0 Å². The zero-order chi connectivity index (χ0) is 17.4. The normalized spacial score (nSPS) is 23.1. The maximum atomic E-state index is 13.0. The monoisotopic (exact) mass is 338 g/mol. The predicted octanol–water partition coefficient (Wildman–Crippen LogP) is 2.13. The van der Waals surface area contributed by atoms with Crippen LogP contribution in [0.1, 0.15) is 35.4 Å². The quantitative estimate of drug-likeness (QED) is 0.880. The number of nitrogens with zero attached hydrogens (tertiary/aromatic N) is 2. The van der Waals surface area contributed by atoms with Crippen molar-refractivity contribution in [2.75, 3.05) is 19.6 Å². The fraction of sp³-hybridized carbons (Fsp3) is 0.421. The first-order chi connectivity index (χ1) is 12.1. The van der Waals surface area contributed by atoms with Crippen LogP contribution in [0.25, 0.3) is 11.4 Å². The molecule has 0 radical (unpaired) electrons. The van der Waals surface area contributed by atoms with Crippen molar-refractivity contribution in [3.63, 3.8) is 0 Å². The fourth-order valence-corrected chi connectivity index (χ4v) is 3.92. The van der Waals surface area contributed by atoms with E-state index in [-0.39, 0.29) is 11.8 Å². The molecule has 0 saturated carbocycles. The Balaban J connectivity index is 1.56. The van der Waals surface area contributed by atoms with Crippen LogP contribution in [0.15, 0.2) is 30.3 Å². The molecule has 2 N–H and O–H groups in total. The number of imidazole rings is 1. The van der Waals surface area contributed by atoms with E-state index in [2.05, 4.69) is 15.3 Å². The van der Waals surface area contributed by atoms with Crippen molar-refractivity contribution in [2.24, 2.45) is 5.41 Å². The van der Waals surface area contributed by atoms with Crippen LogP contribution in [0.4, 0.5) is 0 Å². The Morgan fingerprint density at radius 1 is 1.24 bits per heavy atom. The molecule has 1 aromatic heterocycles. The average Bonchev–Trinajstić information content (AvgIpc) is 3.23. The van der Waals surface area contributed by atoms with E-state index in [1.54, 1.807) is 4.90 Å². The average molecular weight is 338 g/mol. The van der Waals surface area contributed by atoms with Crippen molar-refractivity contribution in [3.8, 4) is 11.4 Å². The van der Waals surface area contributed by atoms with Gasteiger partial charge >= 0.3 is 0 Å². The van der Waals surface area contributed by atoms with Crippen molar-refractivity contribution >= 4 is 11.8 Å². The Kier molecular flexibility index (Phi) is 3.82. The van der Waals surface area contributed by atoms with Gasteiger partial charge in [0.2, 0.25) is 5.91 Å². The molecule has 2 aliphatic rings. The highest BCUT2D eigenvalue weighted by Crippen LogP contribution is 2.38. The van der Waals surface area contributed by atoms with E-state index in [0.717, 1.165) is 37.1 Å². The van der Waals surface area contributed by atoms with E-state index < -0.39 is 5.41 Å². The molecule has 2 aromatic rings. The molecule has 2 saturated heterocycles. The molecule has 25 heavy (non-hydrogen) atoms. The van der Waals surface area contributed by atoms with E-state index in [1.165, 1.54) is 0 Å². The lowest BCUT2D eigenvalue weighted by Crippen LogP contribution is -2.47. The number of carbonyl (C=O) groups is 2. The summed E-state index contributed by atoms with van der Waals surface area (Å²) in [4.78, 5) is 34.8. The number of piperidine rings is 1. The van der Waals surface area contributed by atoms with Crippen LogP contribution in [-0.2, 0) is 4.79 Å². The van der Waals surface area contributed by atoms with Crippen LogP contribution >= 0.6 is 0 Å². The first-order valence-corrected chi connectivity index (χ1v) is 8.79. The maximum Gasteiger partial charge on any atom is 0.274 e.